The first-order valence-corrected chi connectivity index (χ1v) is 7.28. The number of carbonyl (C=O) groups excluding carboxylic acids is 1. The van der Waals surface area contributed by atoms with Crippen LogP contribution in [0, 0.1) is 0 Å². The van der Waals surface area contributed by atoms with Crippen LogP contribution in [0.25, 0.3) is 0 Å². The minimum atomic E-state index is -0.932. The van der Waals surface area contributed by atoms with Gasteiger partial charge in [-0.05, 0) is 31.7 Å². The number of piperidine rings is 1. The lowest BCUT2D eigenvalue weighted by molar-refractivity contribution is -0.157. The molecule has 114 valence electrons. The number of hydrogen-bond donors (Lipinski definition) is 1. The molecule has 0 bridgehead atoms. The smallest absolute Gasteiger partial charge is 0.326 e. The highest BCUT2D eigenvalue weighted by Gasteiger charge is 2.34. The molecule has 0 aromatic heterocycles. The molecule has 1 aliphatic rings. The van der Waals surface area contributed by atoms with Gasteiger partial charge in [0.05, 0.1) is 6.61 Å². The SMILES string of the molecule is CC(OCc1ccccc1)C(=O)N1CCCC[C@@H]1C(=O)O. The Bertz CT molecular complexity index is 488. The topological polar surface area (TPSA) is 66.8 Å². The van der Waals surface area contributed by atoms with Crippen molar-refractivity contribution in [3.05, 3.63) is 35.9 Å². The molecule has 1 heterocycles. The van der Waals surface area contributed by atoms with Crippen LogP contribution in [0.2, 0.25) is 0 Å². The van der Waals surface area contributed by atoms with Gasteiger partial charge in [0.2, 0.25) is 0 Å². The average molecular weight is 291 g/mol. The number of carbonyl (C=O) groups is 2. The largest absolute Gasteiger partial charge is 0.480 e. The normalized spacial score (nSPS) is 20.0. The van der Waals surface area contributed by atoms with Gasteiger partial charge in [-0.1, -0.05) is 30.3 Å². The summed E-state index contributed by atoms with van der Waals surface area (Å²) in [5, 5.41) is 9.21. The van der Waals surface area contributed by atoms with E-state index in [1.165, 1.54) is 4.90 Å². The highest BCUT2D eigenvalue weighted by atomic mass is 16.5. The number of aliphatic carboxylic acids is 1. The van der Waals surface area contributed by atoms with Gasteiger partial charge in [-0.15, -0.1) is 0 Å². The van der Waals surface area contributed by atoms with E-state index in [4.69, 9.17) is 4.74 Å². The monoisotopic (exact) mass is 291 g/mol. The summed E-state index contributed by atoms with van der Waals surface area (Å²) in [5.41, 5.74) is 0.991. The van der Waals surface area contributed by atoms with Crippen LogP contribution in [0.3, 0.4) is 0 Å². The van der Waals surface area contributed by atoms with Gasteiger partial charge in [0.15, 0.2) is 0 Å². The van der Waals surface area contributed by atoms with Crippen LogP contribution in [0.15, 0.2) is 30.3 Å². The molecule has 1 unspecified atom stereocenters. The Hall–Kier alpha value is -1.88. The second-order valence-electron chi connectivity index (χ2n) is 5.32. The summed E-state index contributed by atoms with van der Waals surface area (Å²) in [4.78, 5) is 25.1. The van der Waals surface area contributed by atoms with Crippen molar-refractivity contribution < 1.29 is 19.4 Å². The van der Waals surface area contributed by atoms with Crippen molar-refractivity contribution in [3.8, 4) is 0 Å². The fraction of sp³-hybridized carbons (Fsp3) is 0.500. The molecule has 0 aliphatic carbocycles. The molecule has 5 nitrogen and oxygen atoms in total. The van der Waals surface area contributed by atoms with Crippen LogP contribution in [-0.2, 0) is 20.9 Å². The lowest BCUT2D eigenvalue weighted by Crippen LogP contribution is -2.51. The Morgan fingerprint density at radius 1 is 1.33 bits per heavy atom. The highest BCUT2D eigenvalue weighted by molar-refractivity contribution is 5.86. The third-order valence-corrected chi connectivity index (χ3v) is 3.76. The van der Waals surface area contributed by atoms with Crippen LogP contribution in [0.4, 0.5) is 0 Å². The van der Waals surface area contributed by atoms with Gasteiger partial charge in [-0.25, -0.2) is 4.79 Å². The van der Waals surface area contributed by atoms with Crippen molar-refractivity contribution in [2.45, 2.75) is 44.9 Å². The quantitative estimate of drug-likeness (QED) is 0.901. The maximum atomic E-state index is 12.4. The maximum absolute atomic E-state index is 12.4. The number of rotatable bonds is 5. The standard InChI is InChI=1S/C16H21NO4/c1-12(21-11-13-7-3-2-4-8-13)15(18)17-10-6-5-9-14(17)16(19)20/h2-4,7-8,12,14H,5-6,9-11H2,1H3,(H,19,20)/t12?,14-/m1/s1. The summed E-state index contributed by atoms with van der Waals surface area (Å²) in [6.07, 6.45) is 1.58. The Morgan fingerprint density at radius 3 is 2.71 bits per heavy atom. The van der Waals surface area contributed by atoms with E-state index in [9.17, 15) is 14.7 Å². The van der Waals surface area contributed by atoms with Crippen molar-refractivity contribution in [1.82, 2.24) is 4.90 Å². The molecular formula is C16H21NO4. The minimum absolute atomic E-state index is 0.238. The Labute approximate surface area is 124 Å². The van der Waals surface area contributed by atoms with Gasteiger partial charge in [0, 0.05) is 6.54 Å². The van der Waals surface area contributed by atoms with Crippen molar-refractivity contribution in [1.29, 1.82) is 0 Å². The zero-order valence-electron chi connectivity index (χ0n) is 12.2. The second-order valence-corrected chi connectivity index (χ2v) is 5.32. The predicted octanol–water partition coefficient (Wildman–Crippen LogP) is 2.06. The maximum Gasteiger partial charge on any atom is 0.326 e. The third-order valence-electron chi connectivity index (χ3n) is 3.76. The number of ether oxygens (including phenoxy) is 1. The molecular weight excluding hydrogens is 270 g/mol. The third kappa shape index (κ3) is 4.04. The molecule has 2 atom stereocenters. The molecule has 1 saturated heterocycles. The molecule has 0 saturated carbocycles. The van der Waals surface area contributed by atoms with Crippen LogP contribution >= 0.6 is 0 Å². The van der Waals surface area contributed by atoms with Crippen molar-refractivity contribution in [3.63, 3.8) is 0 Å². The Balaban J connectivity index is 1.93. The fourth-order valence-electron chi connectivity index (χ4n) is 2.55. The van der Waals surface area contributed by atoms with E-state index in [1.807, 2.05) is 30.3 Å². The lowest BCUT2D eigenvalue weighted by Gasteiger charge is -2.34. The van der Waals surface area contributed by atoms with Crippen LogP contribution in [0.1, 0.15) is 31.7 Å². The number of carboxylic acids is 1. The molecule has 1 aliphatic heterocycles. The molecule has 1 aromatic rings. The second kappa shape index (κ2) is 7.22. The van der Waals surface area contributed by atoms with Gasteiger partial charge >= 0.3 is 5.97 Å². The zero-order chi connectivity index (χ0) is 15.2. The van der Waals surface area contributed by atoms with Crippen molar-refractivity contribution in [2.24, 2.45) is 0 Å². The molecule has 1 N–H and O–H groups in total. The van der Waals surface area contributed by atoms with Crippen LogP contribution in [0.5, 0.6) is 0 Å². The Kier molecular flexibility index (Phi) is 5.33. The predicted molar refractivity (Wildman–Crippen MR) is 77.7 cm³/mol. The summed E-state index contributed by atoms with van der Waals surface area (Å²) >= 11 is 0. The number of likely N-dealkylation sites (tertiary alicyclic amines) is 1. The summed E-state index contributed by atoms with van der Waals surface area (Å²) in [7, 11) is 0. The summed E-state index contributed by atoms with van der Waals surface area (Å²) in [5.74, 6) is -1.17. The van der Waals surface area contributed by atoms with Gasteiger partial charge in [0.1, 0.15) is 12.1 Å². The Morgan fingerprint density at radius 2 is 2.05 bits per heavy atom. The van der Waals surface area contributed by atoms with E-state index in [1.54, 1.807) is 6.92 Å². The minimum Gasteiger partial charge on any atom is -0.480 e. The van der Waals surface area contributed by atoms with Crippen LogP contribution in [-0.4, -0.2) is 40.6 Å². The molecule has 1 fully saturated rings. The molecule has 1 amide bonds. The van der Waals surface area contributed by atoms with Gasteiger partial charge in [-0.2, -0.15) is 0 Å². The number of hydrogen-bond acceptors (Lipinski definition) is 3. The first-order chi connectivity index (χ1) is 10.1. The van der Waals surface area contributed by atoms with E-state index in [2.05, 4.69) is 0 Å². The lowest BCUT2D eigenvalue weighted by atomic mass is 10.0. The number of amides is 1. The summed E-state index contributed by atoms with van der Waals surface area (Å²) in [6, 6.07) is 8.89. The zero-order valence-corrected chi connectivity index (χ0v) is 12.2. The molecule has 2 rings (SSSR count). The summed E-state index contributed by atoms with van der Waals surface area (Å²) in [6.45, 7) is 2.52. The van der Waals surface area contributed by atoms with Crippen molar-refractivity contribution >= 4 is 11.9 Å². The first kappa shape index (κ1) is 15.5. The van der Waals surface area contributed by atoms with E-state index in [-0.39, 0.29) is 5.91 Å². The van der Waals surface area contributed by atoms with E-state index in [0.717, 1.165) is 18.4 Å². The number of nitrogens with zero attached hydrogens (tertiary/aromatic N) is 1. The van der Waals surface area contributed by atoms with Gasteiger partial charge in [0.25, 0.3) is 5.91 Å². The highest BCUT2D eigenvalue weighted by Crippen LogP contribution is 2.19. The fourth-order valence-corrected chi connectivity index (χ4v) is 2.55. The molecule has 21 heavy (non-hydrogen) atoms. The van der Waals surface area contributed by atoms with Crippen molar-refractivity contribution in [2.75, 3.05) is 6.54 Å². The first-order valence-electron chi connectivity index (χ1n) is 7.28. The van der Waals surface area contributed by atoms with Crippen LogP contribution < -0.4 is 0 Å². The number of benzene rings is 1. The van der Waals surface area contributed by atoms with E-state index < -0.39 is 18.1 Å². The van der Waals surface area contributed by atoms with E-state index >= 15 is 0 Å². The number of carboxylic acid groups (broad SMARTS) is 1. The molecule has 1 aromatic carbocycles. The van der Waals surface area contributed by atoms with E-state index in [0.29, 0.717) is 19.6 Å². The molecule has 5 heteroatoms. The summed E-state index contributed by atoms with van der Waals surface area (Å²) < 4.78 is 5.59. The van der Waals surface area contributed by atoms with Gasteiger partial charge in [-0.3, -0.25) is 4.79 Å². The van der Waals surface area contributed by atoms with Gasteiger partial charge < -0.3 is 14.7 Å². The molecule has 0 spiro atoms. The average Bonchev–Trinajstić information content (AvgIpc) is 2.52. The molecule has 0 radical (unpaired) electrons.